The van der Waals surface area contributed by atoms with Crippen molar-refractivity contribution in [3.05, 3.63) is 188 Å². The van der Waals surface area contributed by atoms with E-state index in [4.69, 9.17) is 4.98 Å². The highest BCUT2D eigenvalue weighted by atomic mass is 32.1. The molecule has 0 amide bonds. The van der Waals surface area contributed by atoms with Crippen molar-refractivity contribution in [1.82, 2.24) is 14.1 Å². The summed E-state index contributed by atoms with van der Waals surface area (Å²) < 4.78 is 7.53. The summed E-state index contributed by atoms with van der Waals surface area (Å²) >= 11 is 1.90. The first-order valence-electron chi connectivity index (χ1n) is 18.7. The summed E-state index contributed by atoms with van der Waals surface area (Å²) in [6.45, 7) is 0. The van der Waals surface area contributed by atoms with E-state index in [1.54, 1.807) is 0 Å². The number of thiophene rings is 1. The highest BCUT2D eigenvalue weighted by molar-refractivity contribution is 7.26. The largest absolute Gasteiger partial charge is 0.309 e. The van der Waals surface area contributed by atoms with E-state index in [9.17, 15) is 0 Å². The van der Waals surface area contributed by atoms with Crippen LogP contribution in [0.3, 0.4) is 0 Å². The van der Waals surface area contributed by atoms with E-state index in [0.717, 1.165) is 33.5 Å². The highest BCUT2D eigenvalue weighted by Crippen LogP contribution is 2.46. The summed E-state index contributed by atoms with van der Waals surface area (Å²) in [7, 11) is 0. The molecule has 256 valence electrons. The van der Waals surface area contributed by atoms with Crippen LogP contribution in [0.2, 0.25) is 0 Å². The quantitative estimate of drug-likeness (QED) is 0.178. The molecule has 8 aromatic carbocycles. The Bertz CT molecular complexity index is 3480. The number of hydrogen-bond acceptors (Lipinski definition) is 2. The molecular weight excluding hydrogens is 687 g/mol. The van der Waals surface area contributed by atoms with Gasteiger partial charge in [0.1, 0.15) is 0 Å². The van der Waals surface area contributed by atoms with Gasteiger partial charge in [0, 0.05) is 64.0 Å². The lowest BCUT2D eigenvalue weighted by molar-refractivity contribution is 1.16. The number of aromatic nitrogens is 3. The molecule has 0 unspecified atom stereocenters. The van der Waals surface area contributed by atoms with Gasteiger partial charge in [0.15, 0.2) is 0 Å². The molecule has 4 aromatic heterocycles. The fraction of sp³-hybridized carbons (Fsp3) is 0. The van der Waals surface area contributed by atoms with E-state index in [-0.39, 0.29) is 0 Å². The fourth-order valence-electron chi connectivity index (χ4n) is 8.86. The fourth-order valence-corrected chi connectivity index (χ4v) is 10.1. The first kappa shape index (κ1) is 30.5. The molecule has 12 aromatic rings. The van der Waals surface area contributed by atoms with Crippen LogP contribution >= 0.6 is 11.3 Å². The lowest BCUT2D eigenvalue weighted by atomic mass is 9.98. The Morgan fingerprint density at radius 2 is 1.05 bits per heavy atom. The van der Waals surface area contributed by atoms with E-state index < -0.39 is 0 Å². The molecule has 4 heterocycles. The molecule has 0 saturated carbocycles. The molecular formula is C51H31N3S. The zero-order valence-corrected chi connectivity index (χ0v) is 30.5. The topological polar surface area (TPSA) is 22.8 Å². The molecule has 0 saturated heterocycles. The minimum absolute atomic E-state index is 0.957. The molecule has 55 heavy (non-hydrogen) atoms. The van der Waals surface area contributed by atoms with Gasteiger partial charge in [-0.1, -0.05) is 121 Å². The Balaban J connectivity index is 1.18. The van der Waals surface area contributed by atoms with Crippen LogP contribution in [-0.4, -0.2) is 14.1 Å². The van der Waals surface area contributed by atoms with E-state index in [0.29, 0.717) is 0 Å². The summed E-state index contributed by atoms with van der Waals surface area (Å²) in [5.41, 5.74) is 12.4. The van der Waals surface area contributed by atoms with Crippen LogP contribution in [0.15, 0.2) is 188 Å². The van der Waals surface area contributed by atoms with Gasteiger partial charge in [0.25, 0.3) is 0 Å². The summed E-state index contributed by atoms with van der Waals surface area (Å²) in [6.07, 6.45) is 0. The lowest BCUT2D eigenvalue weighted by Crippen LogP contribution is -1.96. The molecule has 4 heteroatoms. The maximum Gasteiger partial charge on any atom is 0.0716 e. The summed E-state index contributed by atoms with van der Waals surface area (Å²) in [6, 6.07) is 68.2. The van der Waals surface area contributed by atoms with Gasteiger partial charge in [-0.2, -0.15) is 0 Å². The SMILES string of the molecule is c1ccc(-c2cc(-c3cccc(-n4c5cc6c(cc5c5c7sc8ccccc8c7ccc54)c4ccccc4n6-c4ccccc4)c3)nc3ccccc23)cc1. The third-order valence-electron chi connectivity index (χ3n) is 11.3. The van der Waals surface area contributed by atoms with Gasteiger partial charge in [0.2, 0.25) is 0 Å². The predicted octanol–water partition coefficient (Wildman–Crippen LogP) is 14.1. The Morgan fingerprint density at radius 3 is 1.93 bits per heavy atom. The first-order valence-corrected chi connectivity index (χ1v) is 19.5. The third kappa shape index (κ3) is 4.52. The van der Waals surface area contributed by atoms with Crippen molar-refractivity contribution in [3.8, 4) is 33.8 Å². The van der Waals surface area contributed by atoms with Crippen LogP contribution < -0.4 is 0 Å². The summed E-state index contributed by atoms with van der Waals surface area (Å²) in [5, 5.41) is 8.84. The number of hydrogen-bond donors (Lipinski definition) is 0. The van der Waals surface area contributed by atoms with Crippen molar-refractivity contribution >= 4 is 86.0 Å². The number of pyridine rings is 1. The molecule has 0 atom stereocenters. The smallest absolute Gasteiger partial charge is 0.0716 e. The van der Waals surface area contributed by atoms with Gasteiger partial charge in [-0.25, -0.2) is 4.98 Å². The molecule has 0 N–H and O–H groups in total. The second kappa shape index (κ2) is 11.7. The van der Waals surface area contributed by atoms with Gasteiger partial charge in [-0.3, -0.25) is 0 Å². The standard InChI is InChI=1S/C51H31N3S/c1-3-14-32(15-4-1)40-30-44(52-43-23-10-7-20-36(40)43)33-16-13-19-35(28-33)54-46-27-26-39-38-22-9-12-25-49(38)55-51(39)50(46)42-29-41-37-21-8-11-24-45(37)53(47(41)31-48(42)54)34-17-5-2-6-18-34/h1-31H. The van der Waals surface area contributed by atoms with Crippen LogP contribution in [0.25, 0.3) is 108 Å². The minimum atomic E-state index is 0.957. The molecule has 12 rings (SSSR count). The van der Waals surface area contributed by atoms with Crippen LogP contribution in [-0.2, 0) is 0 Å². The maximum absolute atomic E-state index is 5.24. The van der Waals surface area contributed by atoms with Crippen molar-refractivity contribution in [2.45, 2.75) is 0 Å². The third-order valence-corrected chi connectivity index (χ3v) is 12.5. The second-order valence-electron chi connectivity index (χ2n) is 14.3. The van der Waals surface area contributed by atoms with Gasteiger partial charge in [-0.15, -0.1) is 11.3 Å². The van der Waals surface area contributed by atoms with Gasteiger partial charge >= 0.3 is 0 Å². The summed E-state index contributed by atoms with van der Waals surface area (Å²) in [5.74, 6) is 0. The van der Waals surface area contributed by atoms with Gasteiger partial charge in [0.05, 0.1) is 33.3 Å². The van der Waals surface area contributed by atoms with E-state index in [1.165, 1.54) is 74.9 Å². The minimum Gasteiger partial charge on any atom is -0.309 e. The molecule has 0 fully saturated rings. The molecule has 0 bridgehead atoms. The average molecular weight is 718 g/mol. The molecule has 0 spiro atoms. The molecule has 0 aliphatic rings. The zero-order chi connectivity index (χ0) is 36.0. The molecule has 0 aliphatic carbocycles. The number of nitrogens with zero attached hydrogens (tertiary/aromatic N) is 3. The molecule has 3 nitrogen and oxygen atoms in total. The summed E-state index contributed by atoms with van der Waals surface area (Å²) in [4.78, 5) is 5.24. The van der Waals surface area contributed by atoms with Crippen LogP contribution in [0.4, 0.5) is 0 Å². The number of para-hydroxylation sites is 3. The average Bonchev–Trinajstić information content (AvgIpc) is 3.90. The lowest BCUT2D eigenvalue weighted by Gasteiger charge is -2.13. The van der Waals surface area contributed by atoms with E-state index >= 15 is 0 Å². The van der Waals surface area contributed by atoms with Crippen LogP contribution in [0, 0.1) is 0 Å². The Labute approximate surface area is 320 Å². The monoisotopic (exact) mass is 717 g/mol. The maximum atomic E-state index is 5.24. The van der Waals surface area contributed by atoms with Gasteiger partial charge < -0.3 is 9.13 Å². The first-order chi connectivity index (χ1) is 27.3. The highest BCUT2D eigenvalue weighted by Gasteiger charge is 2.22. The van der Waals surface area contributed by atoms with Crippen molar-refractivity contribution < 1.29 is 0 Å². The van der Waals surface area contributed by atoms with Crippen molar-refractivity contribution in [3.63, 3.8) is 0 Å². The van der Waals surface area contributed by atoms with Crippen LogP contribution in [0.1, 0.15) is 0 Å². The van der Waals surface area contributed by atoms with E-state index in [1.807, 2.05) is 11.3 Å². The molecule has 0 radical (unpaired) electrons. The Hall–Kier alpha value is -7.01. The predicted molar refractivity (Wildman–Crippen MR) is 234 cm³/mol. The van der Waals surface area contributed by atoms with Gasteiger partial charge in [-0.05, 0) is 77.9 Å². The van der Waals surface area contributed by atoms with Crippen molar-refractivity contribution in [2.75, 3.05) is 0 Å². The number of rotatable bonds is 4. The zero-order valence-electron chi connectivity index (χ0n) is 29.6. The normalized spacial score (nSPS) is 12.0. The van der Waals surface area contributed by atoms with Crippen LogP contribution in [0.5, 0.6) is 0 Å². The Morgan fingerprint density at radius 1 is 0.382 bits per heavy atom. The molecule has 0 aliphatic heterocycles. The Kier molecular flexibility index (Phi) is 6.50. The van der Waals surface area contributed by atoms with Crippen molar-refractivity contribution in [2.24, 2.45) is 0 Å². The van der Waals surface area contributed by atoms with Crippen molar-refractivity contribution in [1.29, 1.82) is 0 Å². The van der Waals surface area contributed by atoms with E-state index in [2.05, 4.69) is 197 Å². The second-order valence-corrected chi connectivity index (χ2v) is 15.4. The number of benzene rings is 8. The number of fused-ring (bicyclic) bond motifs is 11.